The van der Waals surface area contributed by atoms with Crippen LogP contribution in [0.2, 0.25) is 0 Å². The van der Waals surface area contributed by atoms with E-state index in [9.17, 15) is 0 Å². The van der Waals surface area contributed by atoms with Gasteiger partial charge in [-0.25, -0.2) is 4.99 Å². The van der Waals surface area contributed by atoms with Crippen molar-refractivity contribution in [2.45, 2.75) is 6.92 Å². The number of para-hydroxylation sites is 2. The van der Waals surface area contributed by atoms with Gasteiger partial charge in [-0.2, -0.15) is 0 Å². The lowest BCUT2D eigenvalue weighted by atomic mass is 9.98. The topological polar surface area (TPSA) is 24.4 Å². The highest BCUT2D eigenvalue weighted by molar-refractivity contribution is 6.17. The molecule has 0 radical (unpaired) electrons. The fraction of sp³-hybridized carbons (Fsp3) is 0.0357. The first-order valence-electron chi connectivity index (χ1n) is 10.1. The maximum absolute atomic E-state index is 5.04. The maximum atomic E-state index is 5.04. The summed E-state index contributed by atoms with van der Waals surface area (Å²) < 4.78 is 0. The lowest BCUT2D eigenvalue weighted by Gasteiger charge is -2.18. The fourth-order valence-corrected chi connectivity index (χ4v) is 3.36. The summed E-state index contributed by atoms with van der Waals surface area (Å²) in [6.07, 6.45) is 0. The standard InChI is InChI=1S/C28H24N2/c1-22(27(23-14-6-2-7-15-23)29-25-18-10-4-11-19-25)28(24-16-8-3-9-17-24)30-26-20-12-5-13-21-26/h2-21,29H,1H3/b27-22-,30-28?. The molecule has 146 valence electrons. The van der Waals surface area contributed by atoms with Gasteiger partial charge in [-0.1, -0.05) is 97.1 Å². The minimum absolute atomic E-state index is 0.933. The molecule has 1 N–H and O–H groups in total. The molecule has 0 aliphatic carbocycles. The summed E-state index contributed by atoms with van der Waals surface area (Å²) in [5, 5.41) is 3.63. The van der Waals surface area contributed by atoms with Crippen molar-refractivity contribution in [1.82, 2.24) is 0 Å². The number of rotatable bonds is 6. The zero-order valence-electron chi connectivity index (χ0n) is 17.0. The Morgan fingerprint density at radius 3 is 1.60 bits per heavy atom. The summed E-state index contributed by atoms with van der Waals surface area (Å²) in [6, 6.07) is 41.1. The molecule has 0 heterocycles. The second kappa shape index (κ2) is 9.53. The molecule has 0 saturated heterocycles. The van der Waals surface area contributed by atoms with E-state index in [1.807, 2.05) is 60.7 Å². The van der Waals surface area contributed by atoms with E-state index in [1.54, 1.807) is 0 Å². The van der Waals surface area contributed by atoms with Crippen LogP contribution in [0.15, 0.2) is 132 Å². The molecular formula is C28H24N2. The Hall–Kier alpha value is -3.91. The summed E-state index contributed by atoms with van der Waals surface area (Å²) in [7, 11) is 0. The molecule has 4 aromatic carbocycles. The van der Waals surface area contributed by atoms with Gasteiger partial charge in [0, 0.05) is 11.3 Å². The molecular weight excluding hydrogens is 364 g/mol. The normalized spacial score (nSPS) is 12.2. The molecule has 2 nitrogen and oxygen atoms in total. The quantitative estimate of drug-likeness (QED) is 0.343. The van der Waals surface area contributed by atoms with E-state index in [0.717, 1.165) is 39.5 Å². The van der Waals surface area contributed by atoms with Crippen molar-refractivity contribution in [3.8, 4) is 0 Å². The third-order valence-electron chi connectivity index (χ3n) is 4.88. The van der Waals surface area contributed by atoms with E-state index in [0.29, 0.717) is 0 Å². The number of hydrogen-bond donors (Lipinski definition) is 1. The zero-order valence-corrected chi connectivity index (χ0v) is 17.0. The van der Waals surface area contributed by atoms with Gasteiger partial charge >= 0.3 is 0 Å². The largest absolute Gasteiger partial charge is 0.355 e. The predicted molar refractivity (Wildman–Crippen MR) is 128 cm³/mol. The van der Waals surface area contributed by atoms with Gasteiger partial charge < -0.3 is 5.32 Å². The average molecular weight is 389 g/mol. The molecule has 0 unspecified atom stereocenters. The van der Waals surface area contributed by atoms with Crippen molar-refractivity contribution in [2.24, 2.45) is 4.99 Å². The number of anilines is 1. The highest BCUT2D eigenvalue weighted by Crippen LogP contribution is 2.26. The van der Waals surface area contributed by atoms with Crippen LogP contribution in [0.1, 0.15) is 18.1 Å². The molecule has 0 bridgehead atoms. The van der Waals surface area contributed by atoms with Gasteiger partial charge in [-0.05, 0) is 42.3 Å². The first-order valence-corrected chi connectivity index (χ1v) is 10.1. The number of nitrogens with zero attached hydrogens (tertiary/aromatic N) is 1. The summed E-state index contributed by atoms with van der Waals surface area (Å²) in [5.41, 5.74) is 7.26. The Balaban J connectivity index is 1.89. The SMILES string of the molecule is C/C(C(=Nc1ccccc1)c1ccccc1)=C(/Nc1ccccc1)c1ccccc1. The summed E-state index contributed by atoms with van der Waals surface area (Å²) in [4.78, 5) is 5.04. The van der Waals surface area contributed by atoms with Gasteiger partial charge in [0.1, 0.15) is 0 Å². The predicted octanol–water partition coefficient (Wildman–Crippen LogP) is 7.35. The molecule has 2 heteroatoms. The monoisotopic (exact) mass is 388 g/mol. The smallest absolute Gasteiger partial charge is 0.0759 e. The van der Waals surface area contributed by atoms with Crippen LogP contribution in [0.5, 0.6) is 0 Å². The maximum Gasteiger partial charge on any atom is 0.0759 e. The summed E-state index contributed by atoms with van der Waals surface area (Å²) in [6.45, 7) is 2.13. The Morgan fingerprint density at radius 1 is 0.567 bits per heavy atom. The van der Waals surface area contributed by atoms with Crippen LogP contribution < -0.4 is 5.32 Å². The molecule has 30 heavy (non-hydrogen) atoms. The Labute approximate surface area is 178 Å². The van der Waals surface area contributed by atoms with Gasteiger partial charge in [0.25, 0.3) is 0 Å². The minimum Gasteiger partial charge on any atom is -0.355 e. The van der Waals surface area contributed by atoms with E-state index in [2.05, 4.69) is 72.9 Å². The molecule has 0 atom stereocenters. The fourth-order valence-electron chi connectivity index (χ4n) is 3.36. The average Bonchev–Trinajstić information content (AvgIpc) is 2.83. The molecule has 0 spiro atoms. The second-order valence-corrected chi connectivity index (χ2v) is 7.02. The van der Waals surface area contributed by atoms with E-state index in [4.69, 9.17) is 4.99 Å². The summed E-state index contributed by atoms with van der Waals surface area (Å²) in [5.74, 6) is 0. The van der Waals surface area contributed by atoms with Gasteiger partial charge in [0.05, 0.1) is 17.1 Å². The van der Waals surface area contributed by atoms with Crippen LogP contribution in [-0.4, -0.2) is 5.71 Å². The number of allylic oxidation sites excluding steroid dienone is 1. The first-order chi connectivity index (χ1) is 14.8. The lowest BCUT2D eigenvalue weighted by molar-refractivity contribution is 1.42. The minimum atomic E-state index is 0.933. The summed E-state index contributed by atoms with van der Waals surface area (Å²) >= 11 is 0. The van der Waals surface area contributed by atoms with Crippen LogP contribution in [0.4, 0.5) is 11.4 Å². The molecule has 0 fully saturated rings. The van der Waals surface area contributed by atoms with Crippen molar-refractivity contribution < 1.29 is 0 Å². The van der Waals surface area contributed by atoms with Crippen molar-refractivity contribution in [3.05, 3.63) is 138 Å². The molecule has 0 saturated carbocycles. The molecule has 4 aromatic rings. The van der Waals surface area contributed by atoms with Crippen molar-refractivity contribution in [3.63, 3.8) is 0 Å². The van der Waals surface area contributed by atoms with Crippen LogP contribution in [0.3, 0.4) is 0 Å². The van der Waals surface area contributed by atoms with Crippen molar-refractivity contribution in [1.29, 1.82) is 0 Å². The van der Waals surface area contributed by atoms with E-state index in [-0.39, 0.29) is 0 Å². The van der Waals surface area contributed by atoms with E-state index >= 15 is 0 Å². The molecule has 0 amide bonds. The van der Waals surface area contributed by atoms with Gasteiger partial charge in [-0.3, -0.25) is 0 Å². The lowest BCUT2D eigenvalue weighted by Crippen LogP contribution is -2.10. The molecule has 4 rings (SSSR count). The van der Waals surface area contributed by atoms with Gasteiger partial charge in [0.2, 0.25) is 0 Å². The molecule has 0 aromatic heterocycles. The van der Waals surface area contributed by atoms with Gasteiger partial charge in [0.15, 0.2) is 0 Å². The number of aliphatic imine (C=N–C) groups is 1. The first kappa shape index (κ1) is 19.4. The number of benzene rings is 4. The van der Waals surface area contributed by atoms with Crippen LogP contribution in [0, 0.1) is 0 Å². The Morgan fingerprint density at radius 2 is 1.03 bits per heavy atom. The van der Waals surface area contributed by atoms with Crippen molar-refractivity contribution >= 4 is 22.8 Å². The van der Waals surface area contributed by atoms with Crippen LogP contribution >= 0.6 is 0 Å². The van der Waals surface area contributed by atoms with Crippen LogP contribution in [0.25, 0.3) is 5.70 Å². The van der Waals surface area contributed by atoms with E-state index in [1.165, 1.54) is 0 Å². The second-order valence-electron chi connectivity index (χ2n) is 7.02. The van der Waals surface area contributed by atoms with Crippen LogP contribution in [-0.2, 0) is 0 Å². The van der Waals surface area contributed by atoms with E-state index < -0.39 is 0 Å². The molecule has 0 aliphatic heterocycles. The third kappa shape index (κ3) is 4.73. The Kier molecular flexibility index (Phi) is 6.16. The number of nitrogens with one attached hydrogen (secondary N) is 1. The highest BCUT2D eigenvalue weighted by atomic mass is 14.9. The van der Waals surface area contributed by atoms with Crippen molar-refractivity contribution in [2.75, 3.05) is 5.32 Å². The Bertz CT molecular complexity index is 1130. The highest BCUT2D eigenvalue weighted by Gasteiger charge is 2.14. The zero-order chi connectivity index (χ0) is 20.6. The van der Waals surface area contributed by atoms with Gasteiger partial charge in [-0.15, -0.1) is 0 Å². The molecule has 0 aliphatic rings. The third-order valence-corrected chi connectivity index (χ3v) is 4.88. The number of hydrogen-bond acceptors (Lipinski definition) is 2.